The van der Waals surface area contributed by atoms with Crippen molar-refractivity contribution in [2.45, 2.75) is 25.9 Å². The monoisotopic (exact) mass is 364 g/mol. The van der Waals surface area contributed by atoms with Crippen LogP contribution in [0.3, 0.4) is 0 Å². The van der Waals surface area contributed by atoms with Crippen LogP contribution in [0.25, 0.3) is 6.08 Å². The molecule has 1 aliphatic rings. The molecule has 0 unspecified atom stereocenters. The summed E-state index contributed by atoms with van der Waals surface area (Å²) in [6.07, 6.45) is 5.27. The lowest BCUT2D eigenvalue weighted by Gasteiger charge is -2.13. The van der Waals surface area contributed by atoms with Gasteiger partial charge in [-0.15, -0.1) is 0 Å². The Morgan fingerprint density at radius 1 is 1.15 bits per heavy atom. The summed E-state index contributed by atoms with van der Waals surface area (Å²) in [5.74, 6) is -0.501. The number of para-hydroxylation sites is 1. The summed E-state index contributed by atoms with van der Waals surface area (Å²) < 4.78 is 5.52. The van der Waals surface area contributed by atoms with Crippen molar-refractivity contribution in [3.05, 3.63) is 71.3 Å². The minimum atomic E-state index is -0.282. The molecule has 2 aromatic rings. The van der Waals surface area contributed by atoms with Crippen LogP contribution in [0.5, 0.6) is 0 Å². The van der Waals surface area contributed by atoms with Gasteiger partial charge in [0.05, 0.1) is 17.4 Å². The molecule has 27 heavy (non-hydrogen) atoms. The third-order valence-corrected chi connectivity index (χ3v) is 4.45. The van der Waals surface area contributed by atoms with Crippen LogP contribution >= 0.6 is 0 Å². The largest absolute Gasteiger partial charge is 0.376 e. The van der Waals surface area contributed by atoms with Crippen LogP contribution in [0.15, 0.2) is 54.6 Å². The first-order valence-electron chi connectivity index (χ1n) is 9.16. The zero-order valence-electron chi connectivity index (χ0n) is 15.4. The van der Waals surface area contributed by atoms with E-state index in [-0.39, 0.29) is 17.9 Å². The molecule has 0 aliphatic carbocycles. The number of carbonyl (C=O) groups is 2. The molecule has 1 aliphatic heterocycles. The quantitative estimate of drug-likeness (QED) is 0.770. The summed E-state index contributed by atoms with van der Waals surface area (Å²) in [5.41, 5.74) is 3.03. The smallest absolute Gasteiger partial charge is 0.253 e. The third-order valence-electron chi connectivity index (χ3n) is 4.45. The summed E-state index contributed by atoms with van der Waals surface area (Å²) in [4.78, 5) is 24.7. The summed E-state index contributed by atoms with van der Waals surface area (Å²) >= 11 is 0. The molecule has 0 spiro atoms. The van der Waals surface area contributed by atoms with Crippen LogP contribution in [0.2, 0.25) is 0 Å². The van der Waals surface area contributed by atoms with Gasteiger partial charge in [-0.3, -0.25) is 9.59 Å². The van der Waals surface area contributed by atoms with Crippen LogP contribution < -0.4 is 10.6 Å². The Morgan fingerprint density at radius 2 is 1.93 bits per heavy atom. The Labute approximate surface area is 159 Å². The van der Waals surface area contributed by atoms with E-state index >= 15 is 0 Å². The van der Waals surface area contributed by atoms with Crippen molar-refractivity contribution in [1.82, 2.24) is 5.32 Å². The van der Waals surface area contributed by atoms with Gasteiger partial charge in [0.1, 0.15) is 0 Å². The number of aryl methyl sites for hydroxylation is 1. The Kier molecular flexibility index (Phi) is 6.39. The standard InChI is InChI=1S/C22H24N2O3/c1-16-8-10-17(11-9-16)12-13-21(25)24-20-7-3-2-6-19(20)22(26)23-15-18-5-4-14-27-18/h2-3,6-13,18H,4-5,14-15H2,1H3,(H,23,26)(H,24,25)/b13-12+/t18-/m1/s1. The normalized spacial score (nSPS) is 16.4. The van der Waals surface area contributed by atoms with Crippen molar-refractivity contribution >= 4 is 23.6 Å². The summed E-state index contributed by atoms with van der Waals surface area (Å²) in [5, 5.41) is 5.67. The van der Waals surface area contributed by atoms with E-state index in [1.54, 1.807) is 30.3 Å². The molecule has 2 amide bonds. The van der Waals surface area contributed by atoms with Crippen LogP contribution in [0.1, 0.15) is 34.3 Å². The minimum Gasteiger partial charge on any atom is -0.376 e. The first-order chi connectivity index (χ1) is 13.1. The van der Waals surface area contributed by atoms with Crippen LogP contribution in [0.4, 0.5) is 5.69 Å². The van der Waals surface area contributed by atoms with Gasteiger partial charge in [-0.25, -0.2) is 0 Å². The molecule has 0 radical (unpaired) electrons. The Morgan fingerprint density at radius 3 is 2.67 bits per heavy atom. The van der Waals surface area contributed by atoms with Gasteiger partial charge in [-0.05, 0) is 43.5 Å². The fourth-order valence-corrected chi connectivity index (χ4v) is 2.92. The number of carbonyl (C=O) groups excluding carboxylic acids is 2. The molecule has 2 N–H and O–H groups in total. The van der Waals surface area contributed by atoms with Gasteiger partial charge in [0, 0.05) is 19.2 Å². The van der Waals surface area contributed by atoms with Crippen molar-refractivity contribution in [2.24, 2.45) is 0 Å². The van der Waals surface area contributed by atoms with Crippen molar-refractivity contribution < 1.29 is 14.3 Å². The van der Waals surface area contributed by atoms with Gasteiger partial charge < -0.3 is 15.4 Å². The molecule has 140 valence electrons. The zero-order valence-corrected chi connectivity index (χ0v) is 15.4. The van der Waals surface area contributed by atoms with Gasteiger partial charge >= 0.3 is 0 Å². The molecule has 2 aromatic carbocycles. The maximum Gasteiger partial charge on any atom is 0.253 e. The lowest BCUT2D eigenvalue weighted by Crippen LogP contribution is -2.32. The molecular formula is C22H24N2O3. The average Bonchev–Trinajstić information content (AvgIpc) is 3.20. The molecule has 5 heteroatoms. The summed E-state index contributed by atoms with van der Waals surface area (Å²) in [6, 6.07) is 14.9. The van der Waals surface area contributed by atoms with Crippen LogP contribution in [0, 0.1) is 6.92 Å². The fraction of sp³-hybridized carbons (Fsp3) is 0.273. The second-order valence-electron chi connectivity index (χ2n) is 6.62. The van der Waals surface area contributed by atoms with Crippen LogP contribution in [-0.2, 0) is 9.53 Å². The predicted octanol–water partition coefficient (Wildman–Crippen LogP) is 3.56. The number of hydrogen-bond donors (Lipinski definition) is 2. The maximum absolute atomic E-state index is 12.5. The highest BCUT2D eigenvalue weighted by molar-refractivity contribution is 6.07. The lowest BCUT2D eigenvalue weighted by molar-refractivity contribution is -0.111. The van der Waals surface area contributed by atoms with Crippen molar-refractivity contribution in [3.63, 3.8) is 0 Å². The average molecular weight is 364 g/mol. The Hall–Kier alpha value is -2.92. The van der Waals surface area contributed by atoms with E-state index in [0.717, 1.165) is 25.0 Å². The maximum atomic E-state index is 12.5. The number of hydrogen-bond acceptors (Lipinski definition) is 3. The Bertz CT molecular complexity index is 822. The van der Waals surface area contributed by atoms with Gasteiger partial charge in [0.25, 0.3) is 5.91 Å². The summed E-state index contributed by atoms with van der Waals surface area (Å²) in [6.45, 7) is 3.25. The molecule has 1 atom stereocenters. The van der Waals surface area contributed by atoms with E-state index in [2.05, 4.69) is 10.6 Å². The van der Waals surface area contributed by atoms with Gasteiger partial charge in [-0.2, -0.15) is 0 Å². The SMILES string of the molecule is Cc1ccc(/C=C/C(=O)Nc2ccccc2C(=O)NC[C@H]2CCCO2)cc1. The van der Waals surface area contributed by atoms with Crippen molar-refractivity contribution in [3.8, 4) is 0 Å². The molecular weight excluding hydrogens is 340 g/mol. The van der Waals surface area contributed by atoms with E-state index in [1.165, 1.54) is 11.6 Å². The van der Waals surface area contributed by atoms with Crippen molar-refractivity contribution in [1.29, 1.82) is 0 Å². The second kappa shape index (κ2) is 9.14. The molecule has 1 fully saturated rings. The highest BCUT2D eigenvalue weighted by Gasteiger charge is 2.18. The third kappa shape index (κ3) is 5.53. The van der Waals surface area contributed by atoms with Gasteiger partial charge in [-0.1, -0.05) is 42.0 Å². The van der Waals surface area contributed by atoms with Crippen molar-refractivity contribution in [2.75, 3.05) is 18.5 Å². The first-order valence-corrected chi connectivity index (χ1v) is 9.16. The topological polar surface area (TPSA) is 67.4 Å². The van der Waals surface area contributed by atoms with Gasteiger partial charge in [0.15, 0.2) is 0 Å². The first kappa shape index (κ1) is 18.9. The number of ether oxygens (including phenoxy) is 1. The number of nitrogens with one attached hydrogen (secondary N) is 2. The molecule has 1 heterocycles. The summed E-state index contributed by atoms with van der Waals surface area (Å²) in [7, 11) is 0. The van der Waals surface area contributed by atoms with E-state index in [9.17, 15) is 9.59 Å². The Balaban J connectivity index is 1.61. The highest BCUT2D eigenvalue weighted by atomic mass is 16.5. The molecule has 0 saturated carbocycles. The molecule has 1 saturated heterocycles. The minimum absolute atomic E-state index is 0.0770. The van der Waals surface area contributed by atoms with Gasteiger partial charge in [0.2, 0.25) is 5.91 Å². The van der Waals surface area contributed by atoms with E-state index < -0.39 is 0 Å². The molecule has 5 nitrogen and oxygen atoms in total. The van der Waals surface area contributed by atoms with E-state index in [1.807, 2.05) is 31.2 Å². The molecule has 0 bridgehead atoms. The van der Waals surface area contributed by atoms with E-state index in [4.69, 9.17) is 4.74 Å². The number of anilines is 1. The zero-order chi connectivity index (χ0) is 19.1. The second-order valence-corrected chi connectivity index (χ2v) is 6.62. The highest BCUT2D eigenvalue weighted by Crippen LogP contribution is 2.16. The van der Waals surface area contributed by atoms with Crippen LogP contribution in [-0.4, -0.2) is 31.1 Å². The lowest BCUT2D eigenvalue weighted by atomic mass is 10.1. The van der Waals surface area contributed by atoms with E-state index in [0.29, 0.717) is 17.8 Å². The molecule has 0 aromatic heterocycles. The predicted molar refractivity (Wildman–Crippen MR) is 107 cm³/mol. The number of benzene rings is 2. The molecule has 3 rings (SSSR count). The number of rotatable bonds is 6. The fourth-order valence-electron chi connectivity index (χ4n) is 2.92. The number of amides is 2.